The third kappa shape index (κ3) is 2.28. The number of hydrogen-bond acceptors (Lipinski definition) is 3. The first kappa shape index (κ1) is 15.4. The molecule has 0 saturated heterocycles. The van der Waals surface area contributed by atoms with Crippen molar-refractivity contribution in [2.45, 2.75) is 32.7 Å². The van der Waals surface area contributed by atoms with E-state index in [1.165, 1.54) is 34.4 Å². The average molecular weight is 346 g/mol. The van der Waals surface area contributed by atoms with Crippen molar-refractivity contribution in [1.29, 1.82) is 0 Å². The zero-order valence-corrected chi connectivity index (χ0v) is 14.1. The number of nitrogens with one attached hydrogen (secondary N) is 1. The number of benzene rings is 1. The molecule has 2 atom stereocenters. The summed E-state index contributed by atoms with van der Waals surface area (Å²) in [7, 11) is 0. The van der Waals surface area contributed by atoms with Crippen molar-refractivity contribution in [2.75, 3.05) is 5.32 Å². The molecule has 24 heavy (non-hydrogen) atoms. The topological polar surface area (TPSA) is 41.5 Å². The fourth-order valence-corrected chi connectivity index (χ4v) is 4.81. The van der Waals surface area contributed by atoms with E-state index in [4.69, 9.17) is 0 Å². The van der Waals surface area contributed by atoms with Gasteiger partial charge in [0.1, 0.15) is 22.7 Å². The third-order valence-electron chi connectivity index (χ3n) is 4.55. The van der Waals surface area contributed by atoms with Crippen molar-refractivity contribution in [2.24, 2.45) is 10.9 Å². The van der Waals surface area contributed by atoms with E-state index in [1.807, 2.05) is 0 Å². The quantitative estimate of drug-likeness (QED) is 0.835. The van der Waals surface area contributed by atoms with Crippen LogP contribution in [0.2, 0.25) is 0 Å². The molecule has 0 bridgehead atoms. The highest BCUT2D eigenvalue weighted by Crippen LogP contribution is 2.43. The van der Waals surface area contributed by atoms with Crippen molar-refractivity contribution in [3.05, 3.63) is 51.4 Å². The summed E-state index contributed by atoms with van der Waals surface area (Å²) in [4.78, 5) is 17.8. The molecule has 2 heterocycles. The van der Waals surface area contributed by atoms with Crippen LogP contribution in [0, 0.1) is 17.6 Å². The zero-order valence-electron chi connectivity index (χ0n) is 13.3. The summed E-state index contributed by atoms with van der Waals surface area (Å²) in [5, 5.41) is 3.53. The summed E-state index contributed by atoms with van der Waals surface area (Å²) in [5.74, 6) is -1.09. The SMILES string of the molecule is C[C@H]1Cc2sc3c(c2C1)C(c1c(F)cccc1F)=N[C@@H](C)C(=O)N3. The molecule has 0 unspecified atom stereocenters. The number of hydrogen-bond donors (Lipinski definition) is 1. The molecule has 4 rings (SSSR count). The number of carbonyl (C=O) groups is 1. The molecule has 2 aliphatic rings. The van der Waals surface area contributed by atoms with E-state index in [-0.39, 0.29) is 17.2 Å². The molecule has 1 aromatic carbocycles. The molecule has 124 valence electrons. The highest BCUT2D eigenvalue weighted by atomic mass is 32.1. The van der Waals surface area contributed by atoms with Gasteiger partial charge in [-0.3, -0.25) is 9.79 Å². The Hall–Kier alpha value is -2.08. The lowest BCUT2D eigenvalue weighted by atomic mass is 9.97. The molecule has 1 N–H and O–H groups in total. The fraction of sp³-hybridized carbons (Fsp3) is 0.333. The highest BCUT2D eigenvalue weighted by Gasteiger charge is 2.34. The van der Waals surface area contributed by atoms with Crippen LogP contribution >= 0.6 is 11.3 Å². The highest BCUT2D eigenvalue weighted by molar-refractivity contribution is 7.17. The molecule has 1 aromatic heterocycles. The van der Waals surface area contributed by atoms with Gasteiger partial charge in [-0.05, 0) is 43.4 Å². The summed E-state index contributed by atoms with van der Waals surface area (Å²) >= 11 is 1.50. The van der Waals surface area contributed by atoms with E-state index in [2.05, 4.69) is 17.2 Å². The van der Waals surface area contributed by atoms with Gasteiger partial charge in [0.15, 0.2) is 0 Å². The number of halogens is 2. The lowest BCUT2D eigenvalue weighted by molar-refractivity contribution is -0.116. The predicted molar refractivity (Wildman–Crippen MR) is 91.0 cm³/mol. The fourth-order valence-electron chi connectivity index (χ4n) is 3.42. The second-order valence-corrected chi connectivity index (χ2v) is 7.57. The van der Waals surface area contributed by atoms with Crippen LogP contribution in [0.5, 0.6) is 0 Å². The second-order valence-electron chi connectivity index (χ2n) is 6.46. The van der Waals surface area contributed by atoms with Crippen LogP contribution in [0.25, 0.3) is 0 Å². The monoisotopic (exact) mass is 346 g/mol. The molecule has 3 nitrogen and oxygen atoms in total. The van der Waals surface area contributed by atoms with Crippen molar-refractivity contribution >= 4 is 28.0 Å². The van der Waals surface area contributed by atoms with E-state index in [0.29, 0.717) is 16.5 Å². The minimum atomic E-state index is -0.701. The van der Waals surface area contributed by atoms with Crippen LogP contribution in [0.15, 0.2) is 23.2 Å². The maximum atomic E-state index is 14.4. The molecular formula is C18H16F2N2OS. The van der Waals surface area contributed by atoms with Gasteiger partial charge in [-0.1, -0.05) is 13.0 Å². The molecule has 0 saturated carbocycles. The van der Waals surface area contributed by atoms with Gasteiger partial charge in [0.2, 0.25) is 5.91 Å². The van der Waals surface area contributed by atoms with Gasteiger partial charge in [-0.25, -0.2) is 8.78 Å². The Balaban J connectivity index is 2.00. The Labute approximate surface area is 142 Å². The second kappa shape index (κ2) is 5.48. The molecule has 1 aliphatic heterocycles. The van der Waals surface area contributed by atoms with Gasteiger partial charge in [0.05, 0.1) is 11.3 Å². The van der Waals surface area contributed by atoms with Crippen LogP contribution in [-0.2, 0) is 17.6 Å². The Morgan fingerprint density at radius 2 is 1.88 bits per heavy atom. The van der Waals surface area contributed by atoms with Gasteiger partial charge in [0.25, 0.3) is 0 Å². The van der Waals surface area contributed by atoms with Crippen LogP contribution in [0.1, 0.15) is 35.4 Å². The number of nitrogens with zero attached hydrogens (tertiary/aromatic N) is 1. The lowest BCUT2D eigenvalue weighted by Crippen LogP contribution is -2.22. The Morgan fingerprint density at radius 3 is 2.58 bits per heavy atom. The zero-order chi connectivity index (χ0) is 17.0. The predicted octanol–water partition coefficient (Wildman–Crippen LogP) is 3.94. The van der Waals surface area contributed by atoms with Crippen molar-refractivity contribution in [1.82, 2.24) is 0 Å². The van der Waals surface area contributed by atoms with Crippen molar-refractivity contribution < 1.29 is 13.6 Å². The van der Waals surface area contributed by atoms with Crippen LogP contribution in [-0.4, -0.2) is 17.7 Å². The number of aliphatic imine (C=N–C) groups is 1. The van der Waals surface area contributed by atoms with Gasteiger partial charge in [0, 0.05) is 10.4 Å². The normalized spacial score (nSPS) is 22.5. The largest absolute Gasteiger partial charge is 0.315 e. The molecular weight excluding hydrogens is 330 g/mol. The number of fused-ring (bicyclic) bond motifs is 3. The number of thiophene rings is 1. The Bertz CT molecular complexity index is 867. The number of carbonyl (C=O) groups excluding carboxylic acids is 1. The maximum Gasteiger partial charge on any atom is 0.249 e. The van der Waals surface area contributed by atoms with E-state index < -0.39 is 17.7 Å². The van der Waals surface area contributed by atoms with Gasteiger partial charge >= 0.3 is 0 Å². The van der Waals surface area contributed by atoms with Crippen LogP contribution in [0.3, 0.4) is 0 Å². The first-order valence-corrected chi connectivity index (χ1v) is 8.75. The third-order valence-corrected chi connectivity index (χ3v) is 5.72. The van der Waals surface area contributed by atoms with Gasteiger partial charge in [-0.15, -0.1) is 11.3 Å². The molecule has 1 amide bonds. The summed E-state index contributed by atoms with van der Waals surface area (Å²) in [5.41, 5.74) is 1.86. The molecule has 0 radical (unpaired) electrons. The molecule has 0 spiro atoms. The van der Waals surface area contributed by atoms with E-state index >= 15 is 0 Å². The minimum Gasteiger partial charge on any atom is -0.315 e. The molecule has 1 aliphatic carbocycles. The standard InChI is InChI=1S/C18H16F2N2OS/c1-8-6-10-13(7-8)24-18-14(10)16(21-9(2)17(23)22-18)15-11(19)4-3-5-12(15)20/h3-5,8-9H,6-7H2,1-2H3,(H,22,23)/t8-,9+/m1/s1. The molecule has 6 heteroatoms. The molecule has 0 fully saturated rings. The Kier molecular flexibility index (Phi) is 3.53. The van der Waals surface area contributed by atoms with Crippen LogP contribution < -0.4 is 5.32 Å². The maximum absolute atomic E-state index is 14.4. The Morgan fingerprint density at radius 1 is 1.17 bits per heavy atom. The number of rotatable bonds is 1. The first-order valence-electron chi connectivity index (χ1n) is 7.93. The smallest absolute Gasteiger partial charge is 0.249 e. The molecule has 2 aromatic rings. The van der Waals surface area contributed by atoms with Gasteiger partial charge < -0.3 is 5.32 Å². The summed E-state index contributed by atoms with van der Waals surface area (Å²) in [6, 6.07) is 3.08. The van der Waals surface area contributed by atoms with Crippen molar-refractivity contribution in [3.8, 4) is 0 Å². The van der Waals surface area contributed by atoms with E-state index in [0.717, 1.165) is 18.4 Å². The van der Waals surface area contributed by atoms with Crippen LogP contribution in [0.4, 0.5) is 13.8 Å². The number of amides is 1. The van der Waals surface area contributed by atoms with E-state index in [1.54, 1.807) is 6.92 Å². The average Bonchev–Trinajstić information content (AvgIpc) is 2.97. The summed E-state index contributed by atoms with van der Waals surface area (Å²) in [6.45, 7) is 3.78. The lowest BCUT2D eigenvalue weighted by Gasteiger charge is -2.11. The number of anilines is 1. The first-order chi connectivity index (χ1) is 11.5. The minimum absolute atomic E-state index is 0.151. The summed E-state index contributed by atoms with van der Waals surface area (Å²) in [6.07, 6.45) is 1.76. The van der Waals surface area contributed by atoms with E-state index in [9.17, 15) is 13.6 Å². The van der Waals surface area contributed by atoms with Gasteiger partial charge in [-0.2, -0.15) is 0 Å². The summed E-state index contributed by atoms with van der Waals surface area (Å²) < 4.78 is 28.8. The van der Waals surface area contributed by atoms with Crippen molar-refractivity contribution in [3.63, 3.8) is 0 Å².